The number of rotatable bonds is 2. The van der Waals surface area contributed by atoms with E-state index in [1.165, 1.54) is 12.1 Å². The van der Waals surface area contributed by atoms with Gasteiger partial charge in [0.2, 0.25) is 0 Å². The molecule has 4 heteroatoms. The maximum atomic E-state index is 12.9. The lowest BCUT2D eigenvalue weighted by atomic mass is 10.0. The zero-order chi connectivity index (χ0) is 10.8. The third-order valence-electron chi connectivity index (χ3n) is 2.38. The predicted molar refractivity (Wildman–Crippen MR) is 55.8 cm³/mol. The lowest BCUT2D eigenvalue weighted by Gasteiger charge is -2.12. The molecule has 3 N–H and O–H groups in total. The van der Waals surface area contributed by atoms with Gasteiger partial charge in [0.1, 0.15) is 11.6 Å². The molecular weight excluding hydrogens is 193 g/mol. The molecule has 0 saturated heterocycles. The Bertz CT molecular complexity index is 451. The number of benzene rings is 1. The number of nitrogens with zero attached hydrogens (tertiary/aromatic N) is 1. The van der Waals surface area contributed by atoms with Gasteiger partial charge in [-0.3, -0.25) is 0 Å². The zero-order valence-electron chi connectivity index (χ0n) is 8.37. The second kappa shape index (κ2) is 3.82. The van der Waals surface area contributed by atoms with Gasteiger partial charge >= 0.3 is 0 Å². The first-order chi connectivity index (χ1) is 7.18. The standard InChI is InChI=1S/C11H12FN3/c1-7-6-8(12)2-3-9(7)10(13)11-14-4-5-15-11/h2-6,10H,13H2,1H3,(H,14,15). The molecule has 3 nitrogen and oxygen atoms in total. The first kappa shape index (κ1) is 9.86. The molecule has 1 unspecified atom stereocenters. The molecule has 78 valence electrons. The van der Waals surface area contributed by atoms with Gasteiger partial charge in [0.05, 0.1) is 6.04 Å². The van der Waals surface area contributed by atoms with Crippen LogP contribution in [0.5, 0.6) is 0 Å². The predicted octanol–water partition coefficient (Wildman–Crippen LogP) is 1.91. The van der Waals surface area contributed by atoms with Crippen LogP contribution in [0.25, 0.3) is 0 Å². The zero-order valence-corrected chi connectivity index (χ0v) is 8.37. The highest BCUT2D eigenvalue weighted by Crippen LogP contribution is 2.20. The second-order valence-electron chi connectivity index (χ2n) is 3.45. The highest BCUT2D eigenvalue weighted by Gasteiger charge is 2.13. The largest absolute Gasteiger partial charge is 0.347 e. The maximum absolute atomic E-state index is 12.9. The van der Waals surface area contributed by atoms with Crippen molar-refractivity contribution in [2.45, 2.75) is 13.0 Å². The SMILES string of the molecule is Cc1cc(F)ccc1C(N)c1ncc[nH]1. The van der Waals surface area contributed by atoms with Gasteiger partial charge in [0.15, 0.2) is 0 Å². The molecule has 2 aromatic rings. The Labute approximate surface area is 87.2 Å². The van der Waals surface area contributed by atoms with E-state index in [1.54, 1.807) is 18.5 Å². The van der Waals surface area contributed by atoms with E-state index in [2.05, 4.69) is 9.97 Å². The molecule has 0 bridgehead atoms. The van der Waals surface area contributed by atoms with Gasteiger partial charge in [-0.05, 0) is 30.2 Å². The lowest BCUT2D eigenvalue weighted by molar-refractivity contribution is 0.624. The number of halogens is 1. The van der Waals surface area contributed by atoms with Crippen LogP contribution in [0.3, 0.4) is 0 Å². The van der Waals surface area contributed by atoms with Gasteiger partial charge in [0, 0.05) is 12.4 Å². The fourth-order valence-corrected chi connectivity index (χ4v) is 1.58. The summed E-state index contributed by atoms with van der Waals surface area (Å²) >= 11 is 0. The molecule has 1 aromatic heterocycles. The van der Waals surface area contributed by atoms with Crippen molar-refractivity contribution in [3.05, 3.63) is 53.4 Å². The highest BCUT2D eigenvalue weighted by molar-refractivity contribution is 5.32. The fraction of sp³-hybridized carbons (Fsp3) is 0.182. The van der Waals surface area contributed by atoms with Crippen molar-refractivity contribution in [2.24, 2.45) is 5.73 Å². The number of hydrogen-bond donors (Lipinski definition) is 2. The Balaban J connectivity index is 2.38. The number of aryl methyl sites for hydroxylation is 1. The lowest BCUT2D eigenvalue weighted by Crippen LogP contribution is -2.14. The van der Waals surface area contributed by atoms with Crippen LogP contribution in [0.1, 0.15) is 23.0 Å². The first-order valence-electron chi connectivity index (χ1n) is 4.69. The summed E-state index contributed by atoms with van der Waals surface area (Å²) in [6.45, 7) is 1.83. The Morgan fingerprint density at radius 1 is 1.47 bits per heavy atom. The fourth-order valence-electron chi connectivity index (χ4n) is 1.58. The Kier molecular flexibility index (Phi) is 2.51. The molecule has 0 fully saturated rings. The van der Waals surface area contributed by atoms with Crippen molar-refractivity contribution in [1.82, 2.24) is 9.97 Å². The molecule has 1 aromatic carbocycles. The van der Waals surface area contributed by atoms with Crippen LogP contribution in [0, 0.1) is 12.7 Å². The van der Waals surface area contributed by atoms with Crippen molar-refractivity contribution in [3.63, 3.8) is 0 Å². The van der Waals surface area contributed by atoms with Crippen LogP contribution in [-0.4, -0.2) is 9.97 Å². The van der Waals surface area contributed by atoms with E-state index in [9.17, 15) is 4.39 Å². The minimum atomic E-state index is -0.333. The Morgan fingerprint density at radius 3 is 2.87 bits per heavy atom. The maximum Gasteiger partial charge on any atom is 0.127 e. The normalized spacial score (nSPS) is 12.7. The van der Waals surface area contributed by atoms with E-state index >= 15 is 0 Å². The second-order valence-corrected chi connectivity index (χ2v) is 3.45. The molecule has 0 spiro atoms. The summed E-state index contributed by atoms with van der Waals surface area (Å²) in [5, 5.41) is 0. The van der Waals surface area contributed by atoms with Crippen molar-refractivity contribution >= 4 is 0 Å². The third kappa shape index (κ3) is 1.89. The van der Waals surface area contributed by atoms with E-state index in [4.69, 9.17) is 5.73 Å². The first-order valence-corrected chi connectivity index (χ1v) is 4.69. The number of nitrogens with two attached hydrogens (primary N) is 1. The number of aromatic amines is 1. The molecule has 0 aliphatic carbocycles. The quantitative estimate of drug-likeness (QED) is 0.786. The van der Waals surface area contributed by atoms with Crippen LogP contribution in [0.4, 0.5) is 4.39 Å². The average molecular weight is 205 g/mol. The number of nitrogens with one attached hydrogen (secondary N) is 1. The number of imidazole rings is 1. The topological polar surface area (TPSA) is 54.7 Å². The summed E-state index contributed by atoms with van der Waals surface area (Å²) in [6.07, 6.45) is 3.36. The van der Waals surface area contributed by atoms with Crippen LogP contribution in [-0.2, 0) is 0 Å². The molecule has 0 saturated carbocycles. The van der Waals surface area contributed by atoms with Crippen molar-refractivity contribution in [2.75, 3.05) is 0 Å². The summed E-state index contributed by atoms with van der Waals surface area (Å²) in [5.41, 5.74) is 7.71. The van der Waals surface area contributed by atoms with Gasteiger partial charge < -0.3 is 10.7 Å². The summed E-state index contributed by atoms with van der Waals surface area (Å²) in [4.78, 5) is 7.03. The molecule has 0 aliphatic rings. The van der Waals surface area contributed by atoms with E-state index in [1.807, 2.05) is 6.92 Å². The van der Waals surface area contributed by atoms with Gasteiger partial charge in [-0.25, -0.2) is 9.37 Å². The van der Waals surface area contributed by atoms with E-state index in [-0.39, 0.29) is 11.9 Å². The third-order valence-corrected chi connectivity index (χ3v) is 2.38. The molecule has 2 rings (SSSR count). The van der Waals surface area contributed by atoms with Gasteiger partial charge in [-0.15, -0.1) is 0 Å². The number of aromatic nitrogens is 2. The molecule has 1 heterocycles. The average Bonchev–Trinajstić information content (AvgIpc) is 2.69. The molecule has 15 heavy (non-hydrogen) atoms. The molecular formula is C11H12FN3. The Hall–Kier alpha value is -1.68. The Morgan fingerprint density at radius 2 is 2.27 bits per heavy atom. The number of hydrogen-bond acceptors (Lipinski definition) is 2. The monoisotopic (exact) mass is 205 g/mol. The van der Waals surface area contributed by atoms with Gasteiger partial charge in [-0.1, -0.05) is 6.07 Å². The molecule has 1 atom stereocenters. The van der Waals surface area contributed by atoms with Crippen LogP contribution in [0.2, 0.25) is 0 Å². The van der Waals surface area contributed by atoms with Crippen molar-refractivity contribution < 1.29 is 4.39 Å². The van der Waals surface area contributed by atoms with Crippen molar-refractivity contribution in [3.8, 4) is 0 Å². The van der Waals surface area contributed by atoms with Crippen molar-refractivity contribution in [1.29, 1.82) is 0 Å². The summed E-state index contributed by atoms with van der Waals surface area (Å²) < 4.78 is 12.9. The van der Waals surface area contributed by atoms with E-state index in [0.29, 0.717) is 5.82 Å². The van der Waals surface area contributed by atoms with Crippen LogP contribution >= 0.6 is 0 Å². The summed E-state index contributed by atoms with van der Waals surface area (Å²) in [7, 11) is 0. The summed E-state index contributed by atoms with van der Waals surface area (Å²) in [6, 6.07) is 4.24. The van der Waals surface area contributed by atoms with Gasteiger partial charge in [0.25, 0.3) is 0 Å². The van der Waals surface area contributed by atoms with E-state index < -0.39 is 0 Å². The van der Waals surface area contributed by atoms with E-state index in [0.717, 1.165) is 11.1 Å². The number of H-pyrrole nitrogens is 1. The molecule has 0 radical (unpaired) electrons. The molecule has 0 amide bonds. The molecule has 0 aliphatic heterocycles. The smallest absolute Gasteiger partial charge is 0.127 e. The minimum Gasteiger partial charge on any atom is -0.347 e. The summed E-state index contributed by atoms with van der Waals surface area (Å²) in [5.74, 6) is 0.438. The highest BCUT2D eigenvalue weighted by atomic mass is 19.1. The van der Waals surface area contributed by atoms with Crippen LogP contribution < -0.4 is 5.73 Å². The van der Waals surface area contributed by atoms with Gasteiger partial charge in [-0.2, -0.15) is 0 Å². The van der Waals surface area contributed by atoms with Crippen LogP contribution in [0.15, 0.2) is 30.6 Å². The minimum absolute atomic E-state index is 0.247.